The normalized spacial score (nSPS) is 14.8. The van der Waals surface area contributed by atoms with Crippen LogP contribution in [0.15, 0.2) is 42.5 Å². The average molecular weight is 494 g/mol. The van der Waals surface area contributed by atoms with Crippen molar-refractivity contribution in [1.82, 2.24) is 0 Å². The van der Waals surface area contributed by atoms with Gasteiger partial charge in [0, 0.05) is 19.0 Å². The van der Waals surface area contributed by atoms with Gasteiger partial charge >= 0.3 is 11.9 Å². The van der Waals surface area contributed by atoms with Crippen LogP contribution in [0.25, 0.3) is 0 Å². The molecule has 6 heteroatoms. The molecule has 1 amide bonds. The number of hydrogen-bond acceptors (Lipinski definition) is 5. The number of rotatable bonds is 9. The van der Waals surface area contributed by atoms with E-state index in [9.17, 15) is 14.4 Å². The lowest BCUT2D eigenvalue weighted by molar-refractivity contribution is -0.154. The number of esters is 2. The largest absolute Gasteiger partial charge is 0.461 e. The molecule has 1 aliphatic rings. The van der Waals surface area contributed by atoms with Crippen LogP contribution in [-0.4, -0.2) is 23.4 Å². The molecule has 3 rings (SSSR count). The van der Waals surface area contributed by atoms with Gasteiger partial charge in [0.2, 0.25) is 5.91 Å². The molecule has 6 nitrogen and oxygen atoms in total. The standard InChI is InChI=1S/C30H39NO5/c1-20-23(17-18-27(33)36-30(3,4)5)11-8-12-26(20)31-29(34)28(24-9-6-7-10-24)25-15-13-22(14-16-25)19-35-21(2)32/h8,11-16,24,28H,6-7,9-10,17-19H2,1-5H3,(H,31,34). The Morgan fingerprint density at radius 3 is 2.31 bits per heavy atom. The zero-order chi connectivity index (χ0) is 26.3. The van der Waals surface area contributed by atoms with Crippen molar-refractivity contribution >= 4 is 23.5 Å². The summed E-state index contributed by atoms with van der Waals surface area (Å²) in [7, 11) is 0. The van der Waals surface area contributed by atoms with E-state index in [-0.39, 0.29) is 30.4 Å². The third kappa shape index (κ3) is 7.94. The molecule has 0 bridgehead atoms. The van der Waals surface area contributed by atoms with E-state index in [1.165, 1.54) is 6.92 Å². The maximum absolute atomic E-state index is 13.6. The van der Waals surface area contributed by atoms with Gasteiger partial charge in [0.05, 0.1) is 5.92 Å². The number of hydrogen-bond donors (Lipinski definition) is 1. The Hall–Kier alpha value is -3.15. The minimum Gasteiger partial charge on any atom is -0.461 e. The van der Waals surface area contributed by atoms with E-state index in [4.69, 9.17) is 9.47 Å². The molecular formula is C30H39NO5. The summed E-state index contributed by atoms with van der Waals surface area (Å²) in [4.78, 5) is 36.9. The molecule has 1 aliphatic carbocycles. The summed E-state index contributed by atoms with van der Waals surface area (Å²) in [6, 6.07) is 13.6. The number of benzene rings is 2. The Balaban J connectivity index is 1.74. The number of amides is 1. The van der Waals surface area contributed by atoms with Gasteiger partial charge in [0.15, 0.2) is 0 Å². The fraction of sp³-hybridized carbons (Fsp3) is 0.500. The van der Waals surface area contributed by atoms with Gasteiger partial charge in [0.25, 0.3) is 0 Å². The summed E-state index contributed by atoms with van der Waals surface area (Å²) in [6.45, 7) is 9.19. The van der Waals surface area contributed by atoms with E-state index < -0.39 is 5.60 Å². The summed E-state index contributed by atoms with van der Waals surface area (Å²) in [5.41, 5.74) is 4.13. The molecule has 1 N–H and O–H groups in total. The molecule has 0 spiro atoms. The Labute approximate surface area is 214 Å². The third-order valence-electron chi connectivity index (χ3n) is 6.66. The van der Waals surface area contributed by atoms with E-state index in [1.807, 2.05) is 70.2 Å². The highest BCUT2D eigenvalue weighted by Crippen LogP contribution is 2.38. The highest BCUT2D eigenvalue weighted by Gasteiger charge is 2.32. The molecule has 1 atom stereocenters. The Bertz CT molecular complexity index is 1060. The van der Waals surface area contributed by atoms with Crippen LogP contribution in [0.2, 0.25) is 0 Å². The average Bonchev–Trinajstić information content (AvgIpc) is 3.32. The number of anilines is 1. The molecule has 36 heavy (non-hydrogen) atoms. The van der Waals surface area contributed by atoms with Crippen molar-refractivity contribution in [3.05, 3.63) is 64.7 Å². The molecule has 0 aliphatic heterocycles. The first kappa shape index (κ1) is 27.4. The summed E-state index contributed by atoms with van der Waals surface area (Å²) < 4.78 is 10.5. The molecule has 0 saturated heterocycles. The van der Waals surface area contributed by atoms with Gasteiger partial charge in [-0.25, -0.2) is 0 Å². The summed E-state index contributed by atoms with van der Waals surface area (Å²) in [6.07, 6.45) is 5.18. The van der Waals surface area contributed by atoms with E-state index >= 15 is 0 Å². The fourth-order valence-electron chi connectivity index (χ4n) is 4.86. The second kappa shape index (κ2) is 12.2. The predicted molar refractivity (Wildman–Crippen MR) is 141 cm³/mol. The van der Waals surface area contributed by atoms with Crippen LogP contribution in [0.1, 0.15) is 88.0 Å². The number of carbonyl (C=O) groups excluding carboxylic acids is 3. The van der Waals surface area contributed by atoms with Crippen molar-refractivity contribution in [3.63, 3.8) is 0 Å². The second-order valence-corrected chi connectivity index (χ2v) is 10.7. The maximum Gasteiger partial charge on any atom is 0.306 e. The minimum atomic E-state index is -0.504. The zero-order valence-corrected chi connectivity index (χ0v) is 22.2. The molecule has 2 aromatic carbocycles. The van der Waals surface area contributed by atoms with Gasteiger partial charge in [-0.2, -0.15) is 0 Å². The quantitative estimate of drug-likeness (QED) is 0.418. The molecule has 194 valence electrons. The monoisotopic (exact) mass is 493 g/mol. The minimum absolute atomic E-state index is 0.0120. The lowest BCUT2D eigenvalue weighted by Gasteiger charge is -2.24. The van der Waals surface area contributed by atoms with E-state index in [1.54, 1.807) is 0 Å². The number of nitrogens with one attached hydrogen (secondary N) is 1. The first-order chi connectivity index (χ1) is 17.0. The van der Waals surface area contributed by atoms with Crippen LogP contribution < -0.4 is 5.32 Å². The SMILES string of the molecule is CC(=O)OCc1ccc(C(C(=O)Nc2cccc(CCC(=O)OC(C)(C)C)c2C)C2CCCC2)cc1. The molecule has 1 fully saturated rings. The highest BCUT2D eigenvalue weighted by atomic mass is 16.6. The molecule has 0 aromatic heterocycles. The van der Waals surface area contributed by atoms with Crippen molar-refractivity contribution in [1.29, 1.82) is 0 Å². The third-order valence-corrected chi connectivity index (χ3v) is 6.66. The van der Waals surface area contributed by atoms with Crippen LogP contribution in [0.4, 0.5) is 5.69 Å². The van der Waals surface area contributed by atoms with Crippen LogP contribution in [-0.2, 0) is 36.9 Å². The van der Waals surface area contributed by atoms with Crippen molar-refractivity contribution < 1.29 is 23.9 Å². The lowest BCUT2D eigenvalue weighted by Crippen LogP contribution is -2.27. The molecular weight excluding hydrogens is 454 g/mol. The summed E-state index contributed by atoms with van der Waals surface area (Å²) in [5, 5.41) is 3.18. The van der Waals surface area contributed by atoms with Crippen LogP contribution >= 0.6 is 0 Å². The van der Waals surface area contributed by atoms with Gasteiger partial charge in [-0.05, 0) is 81.2 Å². The van der Waals surface area contributed by atoms with Crippen molar-refractivity contribution in [2.24, 2.45) is 5.92 Å². The predicted octanol–water partition coefficient (Wildman–Crippen LogP) is 6.24. The molecule has 1 unspecified atom stereocenters. The first-order valence-electron chi connectivity index (χ1n) is 12.9. The van der Waals surface area contributed by atoms with E-state index in [0.29, 0.717) is 18.8 Å². The van der Waals surface area contributed by atoms with Gasteiger partial charge < -0.3 is 14.8 Å². The van der Waals surface area contributed by atoms with Crippen LogP contribution in [0.3, 0.4) is 0 Å². The zero-order valence-electron chi connectivity index (χ0n) is 22.2. The van der Waals surface area contributed by atoms with Gasteiger partial charge in [-0.1, -0.05) is 49.2 Å². The summed E-state index contributed by atoms with van der Waals surface area (Å²) >= 11 is 0. The van der Waals surface area contributed by atoms with Gasteiger partial charge in [0.1, 0.15) is 12.2 Å². The van der Waals surface area contributed by atoms with Gasteiger partial charge in [-0.3, -0.25) is 14.4 Å². The van der Waals surface area contributed by atoms with Crippen molar-refractivity contribution in [3.8, 4) is 0 Å². The Kier molecular flexibility index (Phi) is 9.30. The van der Waals surface area contributed by atoms with Crippen molar-refractivity contribution in [2.75, 3.05) is 5.32 Å². The fourth-order valence-corrected chi connectivity index (χ4v) is 4.86. The van der Waals surface area contributed by atoms with E-state index in [0.717, 1.165) is 53.6 Å². The smallest absolute Gasteiger partial charge is 0.306 e. The van der Waals surface area contributed by atoms with Crippen LogP contribution in [0.5, 0.6) is 0 Å². The number of carbonyl (C=O) groups is 3. The molecule has 2 aromatic rings. The topological polar surface area (TPSA) is 81.7 Å². The lowest BCUT2D eigenvalue weighted by atomic mass is 9.83. The summed E-state index contributed by atoms with van der Waals surface area (Å²) in [5.74, 6) is -0.511. The second-order valence-electron chi connectivity index (χ2n) is 10.7. The Morgan fingerprint density at radius 1 is 1.03 bits per heavy atom. The molecule has 1 saturated carbocycles. The molecule has 0 heterocycles. The molecule has 0 radical (unpaired) electrons. The maximum atomic E-state index is 13.6. The Morgan fingerprint density at radius 2 is 1.69 bits per heavy atom. The number of ether oxygens (including phenoxy) is 2. The first-order valence-corrected chi connectivity index (χ1v) is 12.9. The highest BCUT2D eigenvalue weighted by molar-refractivity contribution is 5.97. The van der Waals surface area contributed by atoms with E-state index in [2.05, 4.69) is 5.32 Å². The van der Waals surface area contributed by atoms with Crippen LogP contribution in [0, 0.1) is 12.8 Å². The van der Waals surface area contributed by atoms with Gasteiger partial charge in [-0.15, -0.1) is 0 Å². The van der Waals surface area contributed by atoms with Crippen molar-refractivity contribution in [2.45, 2.75) is 91.3 Å². The number of aryl methyl sites for hydroxylation is 1.